The molecule has 0 N–H and O–H groups in total. The van der Waals surface area contributed by atoms with Gasteiger partial charge in [-0.25, -0.2) is 0 Å². The third kappa shape index (κ3) is 5.83. The summed E-state index contributed by atoms with van der Waals surface area (Å²) in [5, 5.41) is 4.39. The van der Waals surface area contributed by atoms with Gasteiger partial charge in [-0.3, -0.25) is 0 Å². The Kier molecular flexibility index (Phi) is 6.79. The van der Waals surface area contributed by atoms with Gasteiger partial charge in [-0.2, -0.15) is 0 Å². The molecule has 0 bridgehead atoms. The molecule has 2 unspecified atom stereocenters. The van der Waals surface area contributed by atoms with E-state index in [4.69, 9.17) is 28.4 Å². The van der Waals surface area contributed by atoms with Gasteiger partial charge >= 0.3 is 0 Å². The van der Waals surface area contributed by atoms with Crippen molar-refractivity contribution in [1.29, 1.82) is 0 Å². The van der Waals surface area contributed by atoms with E-state index in [1.165, 1.54) is 0 Å². The van der Waals surface area contributed by atoms with E-state index in [2.05, 4.69) is 36.4 Å². The zero-order valence-corrected chi connectivity index (χ0v) is 20.2. The quantitative estimate of drug-likeness (QED) is 0.176. The van der Waals surface area contributed by atoms with Crippen molar-refractivity contribution in [3.63, 3.8) is 0 Å². The number of epoxide rings is 2. The van der Waals surface area contributed by atoms with Gasteiger partial charge in [-0.05, 0) is 72.1 Å². The number of benzene rings is 4. The standard InChI is InChI=1S/C30H30O6/c1(13-31-23-9-11-27-21(15-23)5-3-7-29(27)35-19-25-17-33-25)2-14-32-24-10-12-28-22(16-24)6-4-8-30(28)36-20-26-18-34-26/h3-12,15-16,25-26H,1-2,13-14,17-20H2. The Morgan fingerprint density at radius 3 is 1.50 bits per heavy atom. The lowest BCUT2D eigenvalue weighted by atomic mass is 10.1. The molecule has 0 amide bonds. The summed E-state index contributed by atoms with van der Waals surface area (Å²) in [4.78, 5) is 0. The van der Waals surface area contributed by atoms with Crippen LogP contribution in [0.15, 0.2) is 72.8 Å². The molecular weight excluding hydrogens is 456 g/mol. The van der Waals surface area contributed by atoms with Crippen LogP contribution in [0.4, 0.5) is 0 Å². The van der Waals surface area contributed by atoms with Crippen molar-refractivity contribution in [2.75, 3.05) is 39.6 Å². The van der Waals surface area contributed by atoms with Gasteiger partial charge in [0, 0.05) is 10.8 Å². The van der Waals surface area contributed by atoms with Crippen LogP contribution in [0.5, 0.6) is 23.0 Å². The highest BCUT2D eigenvalue weighted by Gasteiger charge is 2.24. The summed E-state index contributed by atoms with van der Waals surface area (Å²) in [6.07, 6.45) is 2.32. The van der Waals surface area contributed by atoms with Crippen molar-refractivity contribution in [1.82, 2.24) is 0 Å². The van der Waals surface area contributed by atoms with Crippen LogP contribution in [0.1, 0.15) is 12.8 Å². The summed E-state index contributed by atoms with van der Waals surface area (Å²) in [6.45, 7) is 4.08. The van der Waals surface area contributed by atoms with E-state index in [0.717, 1.165) is 70.6 Å². The highest BCUT2D eigenvalue weighted by molar-refractivity contribution is 5.90. The van der Waals surface area contributed by atoms with Gasteiger partial charge in [-0.1, -0.05) is 24.3 Å². The van der Waals surface area contributed by atoms with E-state index in [9.17, 15) is 0 Å². The maximum Gasteiger partial charge on any atom is 0.127 e. The maximum absolute atomic E-state index is 5.99. The second-order valence-electron chi connectivity index (χ2n) is 9.21. The van der Waals surface area contributed by atoms with E-state index >= 15 is 0 Å². The molecule has 2 heterocycles. The minimum atomic E-state index is 0.244. The highest BCUT2D eigenvalue weighted by Crippen LogP contribution is 2.31. The molecule has 6 rings (SSSR count). The molecule has 186 valence electrons. The van der Waals surface area contributed by atoms with Crippen molar-refractivity contribution in [2.24, 2.45) is 0 Å². The third-order valence-electron chi connectivity index (χ3n) is 6.35. The SMILES string of the molecule is c1cc(OCC2CO2)c2ccc(OCCCCOc3ccc4c(OCC5CO5)cccc4c3)cc2c1. The Morgan fingerprint density at radius 2 is 1.06 bits per heavy atom. The molecule has 0 spiro atoms. The Balaban J connectivity index is 0.956. The zero-order valence-electron chi connectivity index (χ0n) is 20.2. The van der Waals surface area contributed by atoms with E-state index in [1.807, 2.05) is 36.4 Å². The molecule has 0 radical (unpaired) electrons. The van der Waals surface area contributed by atoms with Gasteiger partial charge in [0.2, 0.25) is 0 Å². The molecule has 36 heavy (non-hydrogen) atoms. The van der Waals surface area contributed by atoms with E-state index in [0.29, 0.717) is 26.4 Å². The molecule has 2 saturated heterocycles. The van der Waals surface area contributed by atoms with Crippen molar-refractivity contribution < 1.29 is 28.4 Å². The Morgan fingerprint density at radius 1 is 0.583 bits per heavy atom. The average molecular weight is 487 g/mol. The minimum Gasteiger partial charge on any atom is -0.494 e. The lowest BCUT2D eigenvalue weighted by molar-refractivity contribution is 0.264. The maximum atomic E-state index is 5.99. The predicted molar refractivity (Wildman–Crippen MR) is 139 cm³/mol. The van der Waals surface area contributed by atoms with Crippen molar-refractivity contribution in [2.45, 2.75) is 25.0 Å². The van der Waals surface area contributed by atoms with Crippen LogP contribution in [0.3, 0.4) is 0 Å². The van der Waals surface area contributed by atoms with Crippen LogP contribution < -0.4 is 18.9 Å². The second kappa shape index (κ2) is 10.6. The number of rotatable bonds is 13. The van der Waals surface area contributed by atoms with E-state index in [-0.39, 0.29) is 12.2 Å². The fourth-order valence-electron chi connectivity index (χ4n) is 4.17. The lowest BCUT2D eigenvalue weighted by Crippen LogP contribution is -2.04. The number of unbranched alkanes of at least 4 members (excludes halogenated alkanes) is 1. The van der Waals surface area contributed by atoms with Crippen LogP contribution in [0, 0.1) is 0 Å². The summed E-state index contributed by atoms with van der Waals surface area (Å²) in [7, 11) is 0. The molecule has 6 heteroatoms. The lowest BCUT2D eigenvalue weighted by Gasteiger charge is -2.12. The first-order valence-electron chi connectivity index (χ1n) is 12.6. The fraction of sp³-hybridized carbons (Fsp3) is 0.333. The summed E-state index contributed by atoms with van der Waals surface area (Å²) in [5.41, 5.74) is 0. The first-order valence-corrected chi connectivity index (χ1v) is 12.6. The Labute approximate surface area is 210 Å². The highest BCUT2D eigenvalue weighted by atomic mass is 16.6. The van der Waals surface area contributed by atoms with Crippen LogP contribution in [-0.2, 0) is 9.47 Å². The summed E-state index contributed by atoms with van der Waals surface area (Å²) >= 11 is 0. The van der Waals surface area contributed by atoms with Gasteiger partial charge in [0.15, 0.2) is 0 Å². The average Bonchev–Trinajstić information content (AvgIpc) is 3.83. The smallest absolute Gasteiger partial charge is 0.127 e. The largest absolute Gasteiger partial charge is 0.494 e. The van der Waals surface area contributed by atoms with Gasteiger partial charge < -0.3 is 28.4 Å². The van der Waals surface area contributed by atoms with Gasteiger partial charge in [-0.15, -0.1) is 0 Å². The normalized spacial score (nSPS) is 18.2. The number of hydrogen-bond acceptors (Lipinski definition) is 6. The van der Waals surface area contributed by atoms with E-state index < -0.39 is 0 Å². The molecule has 6 nitrogen and oxygen atoms in total. The molecule has 2 aliphatic heterocycles. The van der Waals surface area contributed by atoms with Gasteiger partial charge in [0.1, 0.15) is 48.4 Å². The van der Waals surface area contributed by atoms with Gasteiger partial charge in [0.05, 0.1) is 26.4 Å². The van der Waals surface area contributed by atoms with Gasteiger partial charge in [0.25, 0.3) is 0 Å². The molecule has 2 atom stereocenters. The predicted octanol–water partition coefficient (Wildman–Crippen LogP) is 5.79. The number of hydrogen-bond donors (Lipinski definition) is 0. The third-order valence-corrected chi connectivity index (χ3v) is 6.35. The summed E-state index contributed by atoms with van der Waals surface area (Å²) < 4.78 is 34.3. The number of ether oxygens (including phenoxy) is 6. The monoisotopic (exact) mass is 486 g/mol. The van der Waals surface area contributed by atoms with Crippen LogP contribution in [-0.4, -0.2) is 51.8 Å². The van der Waals surface area contributed by atoms with Crippen molar-refractivity contribution >= 4 is 21.5 Å². The topological polar surface area (TPSA) is 62.0 Å². The number of fused-ring (bicyclic) bond motifs is 2. The van der Waals surface area contributed by atoms with Crippen LogP contribution in [0.25, 0.3) is 21.5 Å². The van der Waals surface area contributed by atoms with Crippen LogP contribution in [0.2, 0.25) is 0 Å². The van der Waals surface area contributed by atoms with Crippen LogP contribution >= 0.6 is 0 Å². The summed E-state index contributed by atoms with van der Waals surface area (Å²) in [6, 6.07) is 24.4. The zero-order chi connectivity index (χ0) is 24.2. The molecule has 4 aromatic carbocycles. The first-order chi connectivity index (χ1) is 17.8. The molecule has 0 aliphatic carbocycles. The summed E-state index contributed by atoms with van der Waals surface area (Å²) in [5.74, 6) is 3.51. The molecule has 0 aromatic heterocycles. The van der Waals surface area contributed by atoms with Crippen molar-refractivity contribution in [3.05, 3.63) is 72.8 Å². The molecule has 4 aromatic rings. The molecule has 2 fully saturated rings. The minimum absolute atomic E-state index is 0.244. The Hall–Kier alpha value is -3.48. The van der Waals surface area contributed by atoms with E-state index in [1.54, 1.807) is 0 Å². The first kappa shape index (κ1) is 23.0. The Bertz CT molecular complexity index is 1220. The molecular formula is C30H30O6. The fourth-order valence-corrected chi connectivity index (χ4v) is 4.17. The second-order valence-corrected chi connectivity index (χ2v) is 9.21. The van der Waals surface area contributed by atoms with Crippen molar-refractivity contribution in [3.8, 4) is 23.0 Å². The molecule has 0 saturated carbocycles. The molecule has 2 aliphatic rings.